The van der Waals surface area contributed by atoms with Crippen LogP contribution in [0.25, 0.3) is 0 Å². The Morgan fingerprint density at radius 3 is 3.05 bits per heavy atom. The van der Waals surface area contributed by atoms with E-state index in [4.69, 9.17) is 5.11 Å². The van der Waals surface area contributed by atoms with Gasteiger partial charge in [0, 0.05) is 25.0 Å². The van der Waals surface area contributed by atoms with Gasteiger partial charge in [0.25, 0.3) is 5.56 Å². The van der Waals surface area contributed by atoms with Gasteiger partial charge in [-0.1, -0.05) is 6.42 Å². The van der Waals surface area contributed by atoms with E-state index in [1.165, 1.54) is 0 Å². The molecular formula is C13H19N3O3. The van der Waals surface area contributed by atoms with Crippen molar-refractivity contribution in [2.45, 2.75) is 45.2 Å². The van der Waals surface area contributed by atoms with Crippen molar-refractivity contribution < 1.29 is 9.90 Å². The summed E-state index contributed by atoms with van der Waals surface area (Å²) in [6.07, 6.45) is 6.25. The molecule has 0 aliphatic heterocycles. The number of rotatable bonds is 4. The van der Waals surface area contributed by atoms with E-state index < -0.39 is 5.97 Å². The summed E-state index contributed by atoms with van der Waals surface area (Å²) in [7, 11) is 0. The summed E-state index contributed by atoms with van der Waals surface area (Å²) >= 11 is 0. The number of carbonyl (C=O) groups is 1. The topological polar surface area (TPSA) is 84.2 Å². The molecule has 104 valence electrons. The maximum Gasteiger partial charge on any atom is 0.306 e. The molecule has 0 amide bonds. The zero-order valence-electron chi connectivity index (χ0n) is 11.0. The average Bonchev–Trinajstić information content (AvgIpc) is 2.41. The number of aliphatic carboxylic acids is 1. The highest BCUT2D eigenvalue weighted by Gasteiger charge is 2.27. The largest absolute Gasteiger partial charge is 0.481 e. The van der Waals surface area contributed by atoms with Crippen LogP contribution in [0.3, 0.4) is 0 Å². The molecule has 0 saturated heterocycles. The number of hydrogen-bond donors (Lipinski definition) is 2. The van der Waals surface area contributed by atoms with Crippen LogP contribution in [-0.2, 0) is 11.3 Å². The Balaban J connectivity index is 2.09. The Kier molecular flexibility index (Phi) is 4.19. The maximum absolute atomic E-state index is 12.0. The van der Waals surface area contributed by atoms with Gasteiger partial charge in [0.15, 0.2) is 5.82 Å². The highest BCUT2D eigenvalue weighted by atomic mass is 16.4. The molecule has 1 heterocycles. The van der Waals surface area contributed by atoms with Gasteiger partial charge in [-0.15, -0.1) is 0 Å². The van der Waals surface area contributed by atoms with Crippen molar-refractivity contribution in [3.63, 3.8) is 0 Å². The van der Waals surface area contributed by atoms with Crippen LogP contribution in [0, 0.1) is 5.92 Å². The van der Waals surface area contributed by atoms with Crippen LogP contribution in [-0.4, -0.2) is 26.7 Å². The molecule has 1 aromatic heterocycles. The molecule has 0 spiro atoms. The summed E-state index contributed by atoms with van der Waals surface area (Å²) in [5.74, 6) is -0.748. The summed E-state index contributed by atoms with van der Waals surface area (Å²) in [6, 6.07) is 0.0164. The molecule has 2 N–H and O–H groups in total. The van der Waals surface area contributed by atoms with Gasteiger partial charge in [0.05, 0.1) is 5.92 Å². The molecule has 0 radical (unpaired) electrons. The summed E-state index contributed by atoms with van der Waals surface area (Å²) in [5, 5.41) is 12.2. The highest BCUT2D eigenvalue weighted by Crippen LogP contribution is 2.25. The minimum Gasteiger partial charge on any atom is -0.481 e. The Morgan fingerprint density at radius 2 is 2.37 bits per heavy atom. The third-order valence-corrected chi connectivity index (χ3v) is 3.62. The van der Waals surface area contributed by atoms with E-state index in [0.29, 0.717) is 18.8 Å². The fourth-order valence-electron chi connectivity index (χ4n) is 2.53. The minimum atomic E-state index is -0.751. The van der Waals surface area contributed by atoms with Crippen molar-refractivity contribution in [1.82, 2.24) is 9.55 Å². The normalized spacial score (nSPS) is 23.0. The van der Waals surface area contributed by atoms with Gasteiger partial charge < -0.3 is 15.0 Å². The number of aromatic nitrogens is 2. The van der Waals surface area contributed by atoms with Crippen LogP contribution >= 0.6 is 0 Å². The molecule has 1 aromatic rings. The van der Waals surface area contributed by atoms with Crippen molar-refractivity contribution in [1.29, 1.82) is 0 Å². The SMILES string of the molecule is CCn1ccnc(NC2CCCC(C(=O)O)C2)c1=O. The molecule has 2 unspecified atom stereocenters. The fourth-order valence-corrected chi connectivity index (χ4v) is 2.53. The molecule has 2 rings (SSSR count). The van der Waals surface area contributed by atoms with Crippen molar-refractivity contribution >= 4 is 11.8 Å². The molecule has 1 fully saturated rings. The number of hydrogen-bond acceptors (Lipinski definition) is 4. The summed E-state index contributed by atoms with van der Waals surface area (Å²) in [6.45, 7) is 2.49. The lowest BCUT2D eigenvalue weighted by molar-refractivity contribution is -0.142. The summed E-state index contributed by atoms with van der Waals surface area (Å²) in [5.41, 5.74) is -0.151. The second kappa shape index (κ2) is 5.86. The molecule has 2 atom stereocenters. The van der Waals surface area contributed by atoms with Gasteiger partial charge in [-0.05, 0) is 26.2 Å². The Hall–Kier alpha value is -1.85. The molecule has 6 nitrogen and oxygen atoms in total. The zero-order chi connectivity index (χ0) is 13.8. The quantitative estimate of drug-likeness (QED) is 0.857. The number of nitrogens with zero attached hydrogens (tertiary/aromatic N) is 2. The number of carboxylic acid groups (broad SMARTS) is 1. The lowest BCUT2D eigenvalue weighted by Crippen LogP contribution is -2.34. The van der Waals surface area contributed by atoms with E-state index >= 15 is 0 Å². The van der Waals surface area contributed by atoms with Crippen molar-refractivity contribution in [3.05, 3.63) is 22.7 Å². The first-order valence-electron chi connectivity index (χ1n) is 6.66. The van der Waals surface area contributed by atoms with Gasteiger partial charge in [-0.2, -0.15) is 0 Å². The lowest BCUT2D eigenvalue weighted by Gasteiger charge is -2.27. The molecule has 1 aliphatic carbocycles. The first kappa shape index (κ1) is 13.6. The van der Waals surface area contributed by atoms with Crippen LogP contribution in [0.5, 0.6) is 0 Å². The molecule has 0 aromatic carbocycles. The monoisotopic (exact) mass is 265 g/mol. The Labute approximate surface area is 111 Å². The van der Waals surface area contributed by atoms with Crippen molar-refractivity contribution in [3.8, 4) is 0 Å². The van der Waals surface area contributed by atoms with Crippen LogP contribution in [0.15, 0.2) is 17.2 Å². The smallest absolute Gasteiger partial charge is 0.306 e. The van der Waals surface area contributed by atoms with E-state index in [0.717, 1.165) is 19.3 Å². The van der Waals surface area contributed by atoms with Crippen LogP contribution in [0.1, 0.15) is 32.6 Å². The first-order valence-corrected chi connectivity index (χ1v) is 6.66. The van der Waals surface area contributed by atoms with E-state index in [9.17, 15) is 9.59 Å². The number of carboxylic acids is 1. The summed E-state index contributed by atoms with van der Waals surface area (Å²) < 4.78 is 1.58. The highest BCUT2D eigenvalue weighted by molar-refractivity contribution is 5.70. The van der Waals surface area contributed by atoms with Crippen LogP contribution < -0.4 is 10.9 Å². The first-order chi connectivity index (χ1) is 9.11. The molecule has 19 heavy (non-hydrogen) atoms. The maximum atomic E-state index is 12.0. The Morgan fingerprint density at radius 1 is 1.58 bits per heavy atom. The third-order valence-electron chi connectivity index (χ3n) is 3.62. The van der Waals surface area contributed by atoms with E-state index in [-0.39, 0.29) is 17.5 Å². The fraction of sp³-hybridized carbons (Fsp3) is 0.615. The van der Waals surface area contributed by atoms with Gasteiger partial charge in [-0.25, -0.2) is 4.98 Å². The van der Waals surface area contributed by atoms with Crippen LogP contribution in [0.2, 0.25) is 0 Å². The minimum absolute atomic E-state index is 0.0164. The second-order valence-corrected chi connectivity index (χ2v) is 4.91. The van der Waals surface area contributed by atoms with Gasteiger partial charge >= 0.3 is 5.97 Å². The van der Waals surface area contributed by atoms with Gasteiger partial charge in [-0.3, -0.25) is 9.59 Å². The molecule has 1 saturated carbocycles. The number of nitrogens with one attached hydrogen (secondary N) is 1. The third kappa shape index (κ3) is 3.13. The second-order valence-electron chi connectivity index (χ2n) is 4.91. The van der Waals surface area contributed by atoms with E-state index in [1.54, 1.807) is 17.0 Å². The van der Waals surface area contributed by atoms with E-state index in [1.807, 2.05) is 6.92 Å². The van der Waals surface area contributed by atoms with E-state index in [2.05, 4.69) is 10.3 Å². The standard InChI is InChI=1S/C13H19N3O3/c1-2-16-7-6-14-11(12(16)17)15-10-5-3-4-9(8-10)13(18)19/h6-7,9-10H,2-5,8H2,1H3,(H,14,15)(H,18,19). The zero-order valence-corrected chi connectivity index (χ0v) is 11.0. The van der Waals surface area contributed by atoms with Gasteiger partial charge in [0.2, 0.25) is 0 Å². The molecule has 0 bridgehead atoms. The van der Waals surface area contributed by atoms with Crippen molar-refractivity contribution in [2.75, 3.05) is 5.32 Å². The number of anilines is 1. The van der Waals surface area contributed by atoms with Gasteiger partial charge in [0.1, 0.15) is 0 Å². The number of aryl methyl sites for hydroxylation is 1. The van der Waals surface area contributed by atoms with Crippen molar-refractivity contribution in [2.24, 2.45) is 5.92 Å². The lowest BCUT2D eigenvalue weighted by atomic mass is 9.86. The molecule has 1 aliphatic rings. The summed E-state index contributed by atoms with van der Waals surface area (Å²) in [4.78, 5) is 27.1. The molecular weight excluding hydrogens is 246 g/mol. The predicted octanol–water partition coefficient (Wildman–Crippen LogP) is 1.32. The average molecular weight is 265 g/mol. The predicted molar refractivity (Wildman–Crippen MR) is 71.2 cm³/mol. The molecule has 6 heteroatoms. The van der Waals surface area contributed by atoms with Crippen LogP contribution in [0.4, 0.5) is 5.82 Å². The Bertz CT molecular complexity index is 512.